The Morgan fingerprint density at radius 3 is 2.54 bits per heavy atom. The molecule has 0 fully saturated rings. The highest BCUT2D eigenvalue weighted by Crippen LogP contribution is 1.58. The van der Waals surface area contributed by atoms with Crippen LogP contribution in [-0.2, 0) is 0 Å². The maximum absolute atomic E-state index is 11.2. The van der Waals surface area contributed by atoms with E-state index in [1.54, 1.807) is 19.1 Å². The van der Waals surface area contributed by atoms with Crippen molar-refractivity contribution in [2.24, 2.45) is 0 Å². The second-order valence-electron chi connectivity index (χ2n) is 2.43. The Balaban J connectivity index is 3.91. The Hall–Kier alpha value is -1.84. The van der Waals surface area contributed by atoms with Crippen molar-refractivity contribution >= 4 is 12.2 Å². The molecule has 1 heterocycles. The highest BCUT2D eigenvalue weighted by Gasteiger charge is 1.91. The monoisotopic (exact) mass is 178 g/mol. The largest absolute Gasteiger partial charge is 0.326 e. The van der Waals surface area contributed by atoms with E-state index in [4.69, 9.17) is 0 Å². The van der Waals surface area contributed by atoms with Crippen molar-refractivity contribution in [1.82, 2.24) is 9.97 Å². The topological polar surface area (TPSA) is 65.7 Å². The Morgan fingerprint density at radius 1 is 1.31 bits per heavy atom. The lowest BCUT2D eigenvalue weighted by Gasteiger charge is -1.87. The van der Waals surface area contributed by atoms with Gasteiger partial charge in [-0.3, -0.25) is 9.78 Å². The zero-order valence-corrected chi connectivity index (χ0v) is 7.26. The number of rotatable bonds is 1. The molecule has 4 heteroatoms. The van der Waals surface area contributed by atoms with Crippen LogP contribution < -0.4 is 21.8 Å². The smallest absolute Gasteiger partial charge is 0.307 e. The molecule has 1 aromatic heterocycles. The van der Waals surface area contributed by atoms with Crippen LogP contribution in [0.25, 0.3) is 12.2 Å². The highest BCUT2D eigenvalue weighted by molar-refractivity contribution is 5.34. The summed E-state index contributed by atoms with van der Waals surface area (Å²) in [7, 11) is 0. The minimum Gasteiger partial charge on any atom is -0.307 e. The van der Waals surface area contributed by atoms with Gasteiger partial charge in [-0.05, 0) is 13.0 Å². The number of allylic oxidation sites excluding steroid dienone is 1. The van der Waals surface area contributed by atoms with E-state index in [9.17, 15) is 9.59 Å². The quantitative estimate of drug-likeness (QED) is 0.569. The van der Waals surface area contributed by atoms with Crippen LogP contribution in [0.4, 0.5) is 0 Å². The van der Waals surface area contributed by atoms with Crippen molar-refractivity contribution in [2.45, 2.75) is 6.92 Å². The molecule has 4 nitrogen and oxygen atoms in total. The first-order chi connectivity index (χ1) is 6.19. The molecule has 68 valence electrons. The van der Waals surface area contributed by atoms with Gasteiger partial charge in [0.15, 0.2) is 0 Å². The van der Waals surface area contributed by atoms with Gasteiger partial charge in [0.25, 0.3) is 5.56 Å². The molecular formula is C9H10N2O2. The molecule has 0 atom stereocenters. The summed E-state index contributed by atoms with van der Waals surface area (Å²) >= 11 is 0. The molecule has 0 spiro atoms. The van der Waals surface area contributed by atoms with E-state index < -0.39 is 5.69 Å². The molecule has 0 saturated carbocycles. The molecule has 0 unspecified atom stereocenters. The molecule has 0 amide bonds. The van der Waals surface area contributed by atoms with Gasteiger partial charge in [-0.25, -0.2) is 4.79 Å². The van der Waals surface area contributed by atoms with Gasteiger partial charge in [-0.2, -0.15) is 0 Å². The highest BCUT2D eigenvalue weighted by atomic mass is 16.2. The molecule has 0 aliphatic carbocycles. The van der Waals surface area contributed by atoms with Crippen molar-refractivity contribution in [2.75, 3.05) is 0 Å². The van der Waals surface area contributed by atoms with Crippen LogP contribution in [0.1, 0.15) is 6.92 Å². The van der Waals surface area contributed by atoms with E-state index in [1.165, 1.54) is 6.08 Å². The van der Waals surface area contributed by atoms with E-state index in [2.05, 4.69) is 16.5 Å². The Bertz CT molecular complexity index is 534. The summed E-state index contributed by atoms with van der Waals surface area (Å²) in [6.07, 6.45) is 4.72. The second kappa shape index (κ2) is 3.71. The van der Waals surface area contributed by atoms with Gasteiger partial charge in [-0.1, -0.05) is 18.7 Å². The average molecular weight is 178 g/mol. The average Bonchev–Trinajstić information content (AvgIpc) is 2.04. The molecule has 2 N–H and O–H groups in total. The molecule has 13 heavy (non-hydrogen) atoms. The lowest BCUT2D eigenvalue weighted by Crippen LogP contribution is -2.48. The summed E-state index contributed by atoms with van der Waals surface area (Å²) in [5.41, 5.74) is -0.900. The predicted molar refractivity (Wildman–Crippen MR) is 51.7 cm³/mol. The number of aromatic nitrogens is 2. The maximum Gasteiger partial charge on any atom is 0.326 e. The molecule has 0 aliphatic heterocycles. The summed E-state index contributed by atoms with van der Waals surface area (Å²) in [6, 6.07) is 0. The summed E-state index contributed by atoms with van der Waals surface area (Å²) in [4.78, 5) is 26.7. The fourth-order valence-electron chi connectivity index (χ4n) is 1.05. The zero-order chi connectivity index (χ0) is 9.84. The first kappa shape index (κ1) is 9.25. The van der Waals surface area contributed by atoms with Crippen molar-refractivity contribution in [3.8, 4) is 0 Å². The third kappa shape index (κ3) is 1.84. The first-order valence-corrected chi connectivity index (χ1v) is 3.80. The van der Waals surface area contributed by atoms with Crippen molar-refractivity contribution in [3.05, 3.63) is 44.1 Å². The van der Waals surface area contributed by atoms with Gasteiger partial charge in [-0.15, -0.1) is 0 Å². The van der Waals surface area contributed by atoms with Crippen molar-refractivity contribution in [3.63, 3.8) is 0 Å². The number of hydrogen-bond acceptors (Lipinski definition) is 2. The lowest BCUT2D eigenvalue weighted by molar-refractivity contribution is 0.984. The summed E-state index contributed by atoms with van der Waals surface area (Å²) < 4.78 is 0. The van der Waals surface area contributed by atoms with Gasteiger partial charge in [0.05, 0.1) is 10.6 Å². The predicted octanol–water partition coefficient (Wildman–Crippen LogP) is -1.17. The molecule has 0 bridgehead atoms. The normalized spacial score (nSPS) is 13.3. The van der Waals surface area contributed by atoms with Gasteiger partial charge in [0.2, 0.25) is 0 Å². The van der Waals surface area contributed by atoms with Crippen molar-refractivity contribution < 1.29 is 0 Å². The minimum absolute atomic E-state index is 0.389. The van der Waals surface area contributed by atoms with Gasteiger partial charge in [0, 0.05) is 0 Å². The van der Waals surface area contributed by atoms with Crippen LogP contribution in [0, 0.1) is 0 Å². The molecule has 0 radical (unpaired) electrons. The number of aromatic amines is 2. The molecule has 1 aromatic rings. The number of H-pyrrole nitrogens is 2. The van der Waals surface area contributed by atoms with Crippen molar-refractivity contribution in [1.29, 1.82) is 0 Å². The lowest BCUT2D eigenvalue weighted by atomic mass is 10.3. The van der Waals surface area contributed by atoms with E-state index >= 15 is 0 Å². The zero-order valence-electron chi connectivity index (χ0n) is 7.26. The Labute approximate surface area is 73.9 Å². The second-order valence-corrected chi connectivity index (χ2v) is 2.43. The van der Waals surface area contributed by atoms with Crippen LogP contribution in [0.15, 0.2) is 22.2 Å². The SMILES string of the molecule is C=C/C=c1/[nH]c(=O)[nH]c(=O)/c1=C/C. The number of nitrogens with one attached hydrogen (secondary N) is 2. The summed E-state index contributed by atoms with van der Waals surface area (Å²) in [6.45, 7) is 5.21. The summed E-state index contributed by atoms with van der Waals surface area (Å²) in [5.74, 6) is 0. The fraction of sp³-hybridized carbons (Fsp3) is 0.111. The van der Waals surface area contributed by atoms with Crippen LogP contribution in [0.5, 0.6) is 0 Å². The first-order valence-electron chi connectivity index (χ1n) is 3.80. The maximum atomic E-state index is 11.2. The summed E-state index contributed by atoms with van der Waals surface area (Å²) in [5, 5.41) is 0.922. The van der Waals surface area contributed by atoms with E-state index in [0.29, 0.717) is 10.6 Å². The van der Waals surface area contributed by atoms with E-state index in [-0.39, 0.29) is 5.56 Å². The third-order valence-corrected chi connectivity index (χ3v) is 1.58. The standard InChI is InChI=1S/C9H10N2O2/c1-3-5-7-6(4-2)8(12)11-9(13)10-7/h3-5H,1H2,2H3,(H2,10,11,12,13)/b6-4+,7-5+. The van der Waals surface area contributed by atoms with Gasteiger partial charge in [0.1, 0.15) is 0 Å². The molecule has 0 saturated heterocycles. The van der Waals surface area contributed by atoms with E-state index in [0.717, 1.165) is 0 Å². The third-order valence-electron chi connectivity index (χ3n) is 1.58. The molecule has 0 aromatic carbocycles. The van der Waals surface area contributed by atoms with Crippen LogP contribution in [0.2, 0.25) is 0 Å². The van der Waals surface area contributed by atoms with Crippen LogP contribution in [-0.4, -0.2) is 9.97 Å². The molecule has 1 rings (SSSR count). The Kier molecular flexibility index (Phi) is 2.64. The number of hydrogen-bond donors (Lipinski definition) is 2. The van der Waals surface area contributed by atoms with Gasteiger partial charge < -0.3 is 4.98 Å². The minimum atomic E-state index is -0.510. The van der Waals surface area contributed by atoms with Gasteiger partial charge >= 0.3 is 5.69 Å². The van der Waals surface area contributed by atoms with E-state index in [1.807, 2.05) is 0 Å². The van der Waals surface area contributed by atoms with Crippen LogP contribution in [0.3, 0.4) is 0 Å². The van der Waals surface area contributed by atoms with Crippen LogP contribution >= 0.6 is 0 Å². The molecular weight excluding hydrogens is 168 g/mol. The Morgan fingerprint density at radius 2 is 2.00 bits per heavy atom. The molecule has 0 aliphatic rings. The fourth-order valence-corrected chi connectivity index (χ4v) is 1.05.